The molecule has 28 heavy (non-hydrogen) atoms. The van der Waals surface area contributed by atoms with Gasteiger partial charge >= 0.3 is 0 Å². The van der Waals surface area contributed by atoms with Gasteiger partial charge in [-0.3, -0.25) is 9.69 Å². The molecule has 0 saturated carbocycles. The number of anilines is 1. The average molecular weight is 377 g/mol. The quantitative estimate of drug-likeness (QED) is 0.711. The number of aromatic amines is 1. The third-order valence-corrected chi connectivity index (χ3v) is 5.94. The Hall–Kier alpha value is -3.06. The molecule has 7 heteroatoms. The number of likely N-dealkylation sites (tertiary alicyclic amines) is 1. The van der Waals surface area contributed by atoms with Gasteiger partial charge in [-0.2, -0.15) is 0 Å². The van der Waals surface area contributed by atoms with E-state index in [4.69, 9.17) is 15.5 Å². The van der Waals surface area contributed by atoms with Gasteiger partial charge in [-0.25, -0.2) is 4.98 Å². The standard InChI is InChI=1S/C21H23N5O2/c1-28-16-7-5-13(6-8-16)10-25-11-15-9-14(25)12-26(15)21-23-18-4-2-3-17(20(22)27)19(18)24-21/h2-8,14-15H,9-12H2,1H3,(H2,22,27)(H,23,24)/t14-,15-/m0/s1. The number of amides is 1. The van der Waals surface area contributed by atoms with Gasteiger partial charge in [0.1, 0.15) is 11.3 Å². The second-order valence-corrected chi connectivity index (χ2v) is 7.60. The fourth-order valence-corrected chi connectivity index (χ4v) is 4.52. The van der Waals surface area contributed by atoms with Gasteiger partial charge < -0.3 is 20.4 Å². The summed E-state index contributed by atoms with van der Waals surface area (Å²) in [7, 11) is 1.69. The maximum absolute atomic E-state index is 11.7. The van der Waals surface area contributed by atoms with E-state index in [1.165, 1.54) is 5.56 Å². The van der Waals surface area contributed by atoms with Crippen molar-refractivity contribution in [3.8, 4) is 5.75 Å². The van der Waals surface area contributed by atoms with Gasteiger partial charge in [0.2, 0.25) is 5.95 Å². The van der Waals surface area contributed by atoms with Crippen molar-refractivity contribution in [2.24, 2.45) is 5.73 Å². The van der Waals surface area contributed by atoms with Crippen molar-refractivity contribution >= 4 is 22.9 Å². The van der Waals surface area contributed by atoms with E-state index in [1.807, 2.05) is 24.3 Å². The number of rotatable bonds is 5. The summed E-state index contributed by atoms with van der Waals surface area (Å²) in [5.41, 5.74) is 8.76. The van der Waals surface area contributed by atoms with Crippen LogP contribution in [0.1, 0.15) is 22.3 Å². The van der Waals surface area contributed by atoms with Gasteiger partial charge in [0.05, 0.1) is 18.2 Å². The lowest BCUT2D eigenvalue weighted by Crippen LogP contribution is -2.46. The third kappa shape index (κ3) is 2.79. The smallest absolute Gasteiger partial charge is 0.250 e. The van der Waals surface area contributed by atoms with Crippen LogP contribution in [-0.2, 0) is 6.54 Å². The largest absolute Gasteiger partial charge is 0.497 e. The summed E-state index contributed by atoms with van der Waals surface area (Å²) in [4.78, 5) is 24.6. The van der Waals surface area contributed by atoms with Crippen molar-refractivity contribution in [1.29, 1.82) is 0 Å². The van der Waals surface area contributed by atoms with Crippen molar-refractivity contribution < 1.29 is 9.53 Å². The molecule has 2 aliphatic rings. The van der Waals surface area contributed by atoms with Crippen molar-refractivity contribution in [3.05, 3.63) is 53.6 Å². The number of imidazole rings is 1. The zero-order valence-corrected chi connectivity index (χ0v) is 15.8. The predicted octanol–water partition coefficient (Wildman–Crippen LogP) is 2.13. The number of nitrogens with zero attached hydrogens (tertiary/aromatic N) is 3. The fraction of sp³-hybridized carbons (Fsp3) is 0.333. The van der Waals surface area contributed by atoms with Crippen LogP contribution < -0.4 is 15.4 Å². The van der Waals surface area contributed by atoms with Crippen LogP contribution >= 0.6 is 0 Å². The molecule has 2 saturated heterocycles. The number of H-pyrrole nitrogens is 1. The molecule has 2 aliphatic heterocycles. The first-order valence-electron chi connectivity index (χ1n) is 9.54. The molecule has 0 radical (unpaired) electrons. The summed E-state index contributed by atoms with van der Waals surface area (Å²) >= 11 is 0. The van der Waals surface area contributed by atoms with E-state index < -0.39 is 5.91 Å². The molecule has 2 fully saturated rings. The summed E-state index contributed by atoms with van der Waals surface area (Å²) in [5.74, 6) is 1.27. The van der Waals surface area contributed by atoms with Crippen LogP contribution in [0.25, 0.3) is 11.0 Å². The number of carbonyl (C=O) groups excluding carboxylic acids is 1. The van der Waals surface area contributed by atoms with E-state index in [-0.39, 0.29) is 0 Å². The maximum Gasteiger partial charge on any atom is 0.250 e. The Labute approximate surface area is 163 Å². The first kappa shape index (κ1) is 17.1. The minimum absolute atomic E-state index is 0.431. The van der Waals surface area contributed by atoms with Gasteiger partial charge in [0, 0.05) is 31.7 Å². The molecule has 2 bridgehead atoms. The Balaban J connectivity index is 1.32. The number of carbonyl (C=O) groups is 1. The summed E-state index contributed by atoms with van der Waals surface area (Å²) in [6, 6.07) is 14.7. The molecule has 2 aromatic carbocycles. The molecule has 0 spiro atoms. The van der Waals surface area contributed by atoms with E-state index in [0.29, 0.717) is 23.2 Å². The molecule has 1 amide bonds. The molecule has 1 aromatic heterocycles. The summed E-state index contributed by atoms with van der Waals surface area (Å²) in [6.45, 7) is 2.90. The molecule has 0 unspecified atom stereocenters. The Morgan fingerprint density at radius 1 is 1.21 bits per heavy atom. The van der Waals surface area contributed by atoms with Crippen molar-refractivity contribution in [2.75, 3.05) is 25.1 Å². The predicted molar refractivity (Wildman–Crippen MR) is 108 cm³/mol. The Kier molecular flexibility index (Phi) is 3.98. The zero-order valence-electron chi connectivity index (χ0n) is 15.8. The second kappa shape index (κ2) is 6.53. The number of nitrogens with one attached hydrogen (secondary N) is 1. The number of piperazine rings is 1. The van der Waals surface area contributed by atoms with E-state index in [0.717, 1.165) is 43.3 Å². The number of aromatic nitrogens is 2. The molecule has 3 aromatic rings. The molecule has 7 nitrogen and oxygen atoms in total. The van der Waals surface area contributed by atoms with Crippen molar-refractivity contribution in [2.45, 2.75) is 25.0 Å². The van der Waals surface area contributed by atoms with Crippen LogP contribution in [0.4, 0.5) is 5.95 Å². The van der Waals surface area contributed by atoms with Crippen LogP contribution in [0.3, 0.4) is 0 Å². The van der Waals surface area contributed by atoms with Crippen LogP contribution in [-0.4, -0.2) is 53.1 Å². The first-order valence-corrected chi connectivity index (χ1v) is 9.54. The highest BCUT2D eigenvalue weighted by atomic mass is 16.5. The Morgan fingerprint density at radius 3 is 2.71 bits per heavy atom. The second-order valence-electron chi connectivity index (χ2n) is 7.60. The molecule has 144 valence electrons. The zero-order chi connectivity index (χ0) is 19.3. The number of nitrogens with two attached hydrogens (primary N) is 1. The molecular formula is C21H23N5O2. The normalized spacial score (nSPS) is 21.5. The number of methoxy groups -OCH3 is 1. The number of fused-ring (bicyclic) bond motifs is 3. The maximum atomic E-state index is 11.7. The lowest BCUT2D eigenvalue weighted by Gasteiger charge is -2.34. The van der Waals surface area contributed by atoms with E-state index >= 15 is 0 Å². The molecule has 0 aliphatic carbocycles. The van der Waals surface area contributed by atoms with Gasteiger partial charge in [0.25, 0.3) is 5.91 Å². The summed E-state index contributed by atoms with van der Waals surface area (Å²) < 4.78 is 5.24. The van der Waals surface area contributed by atoms with Gasteiger partial charge in [0.15, 0.2) is 0 Å². The van der Waals surface area contributed by atoms with Gasteiger partial charge in [-0.15, -0.1) is 0 Å². The Morgan fingerprint density at radius 2 is 2.04 bits per heavy atom. The minimum Gasteiger partial charge on any atom is -0.497 e. The molecule has 2 atom stereocenters. The summed E-state index contributed by atoms with van der Waals surface area (Å²) in [5, 5.41) is 0. The molecule has 3 N–H and O–H groups in total. The van der Waals surface area contributed by atoms with Crippen LogP contribution in [0.5, 0.6) is 5.75 Å². The minimum atomic E-state index is -0.447. The van der Waals surface area contributed by atoms with Crippen molar-refractivity contribution in [3.63, 3.8) is 0 Å². The number of primary amides is 1. The summed E-state index contributed by atoms with van der Waals surface area (Å²) in [6.07, 6.45) is 1.13. The van der Waals surface area contributed by atoms with E-state index in [1.54, 1.807) is 13.2 Å². The lowest BCUT2D eigenvalue weighted by molar-refractivity contribution is 0.100. The van der Waals surface area contributed by atoms with E-state index in [9.17, 15) is 4.79 Å². The van der Waals surface area contributed by atoms with Crippen LogP contribution in [0, 0.1) is 0 Å². The topological polar surface area (TPSA) is 87.5 Å². The van der Waals surface area contributed by atoms with Crippen LogP contribution in [0.15, 0.2) is 42.5 Å². The number of hydrogen-bond acceptors (Lipinski definition) is 5. The Bertz CT molecular complexity index is 1030. The highest BCUT2D eigenvalue weighted by molar-refractivity contribution is 6.04. The monoisotopic (exact) mass is 377 g/mol. The highest BCUT2D eigenvalue weighted by Crippen LogP contribution is 2.35. The average Bonchev–Trinajstić information content (AvgIpc) is 3.41. The van der Waals surface area contributed by atoms with Crippen molar-refractivity contribution in [1.82, 2.24) is 14.9 Å². The molecule has 3 heterocycles. The van der Waals surface area contributed by atoms with Gasteiger partial charge in [-0.1, -0.05) is 18.2 Å². The first-order chi connectivity index (χ1) is 13.6. The molecule has 5 rings (SSSR count). The number of hydrogen-bond donors (Lipinski definition) is 2. The third-order valence-electron chi connectivity index (χ3n) is 5.94. The molecular weight excluding hydrogens is 354 g/mol. The van der Waals surface area contributed by atoms with Gasteiger partial charge in [-0.05, 0) is 36.2 Å². The lowest BCUT2D eigenvalue weighted by atomic mass is 10.2. The SMILES string of the molecule is COc1ccc(CN2C[C@@H]3C[C@H]2CN3c2nc3c(C(N)=O)cccc3[nH]2)cc1. The number of benzene rings is 2. The van der Waals surface area contributed by atoms with Crippen LogP contribution in [0.2, 0.25) is 0 Å². The highest BCUT2D eigenvalue weighted by Gasteiger charge is 2.44. The number of para-hydroxylation sites is 1. The van der Waals surface area contributed by atoms with E-state index in [2.05, 4.69) is 26.9 Å². The number of ether oxygens (including phenoxy) is 1. The fourth-order valence-electron chi connectivity index (χ4n) is 4.52.